The van der Waals surface area contributed by atoms with Gasteiger partial charge in [0.05, 0.1) is 5.71 Å². The molecule has 1 atom stereocenters. The van der Waals surface area contributed by atoms with Crippen LogP contribution >= 0.6 is 15.9 Å². The minimum atomic E-state index is -0.451. The highest BCUT2D eigenvalue weighted by Gasteiger charge is 2.33. The summed E-state index contributed by atoms with van der Waals surface area (Å²) in [6.07, 6.45) is 2.27. The van der Waals surface area contributed by atoms with E-state index in [0.717, 1.165) is 41.7 Å². The fourth-order valence-electron chi connectivity index (χ4n) is 2.78. The van der Waals surface area contributed by atoms with E-state index in [-0.39, 0.29) is 5.91 Å². The Labute approximate surface area is 133 Å². The Morgan fingerprint density at radius 2 is 2.14 bits per heavy atom. The van der Waals surface area contributed by atoms with Crippen LogP contribution in [0.1, 0.15) is 31.7 Å². The zero-order chi connectivity index (χ0) is 14.8. The number of likely N-dealkylation sites (tertiary alicyclic amines) is 1. The summed E-state index contributed by atoms with van der Waals surface area (Å²) in [6.45, 7) is 3.92. The van der Waals surface area contributed by atoms with Crippen molar-refractivity contribution >= 4 is 27.5 Å². The Morgan fingerprint density at radius 1 is 1.38 bits per heavy atom. The van der Waals surface area contributed by atoms with Gasteiger partial charge in [0, 0.05) is 29.5 Å². The quantitative estimate of drug-likeness (QED) is 0.821. The average Bonchev–Trinajstić information content (AvgIpc) is 2.97. The van der Waals surface area contributed by atoms with Crippen molar-refractivity contribution in [2.45, 2.75) is 32.3 Å². The van der Waals surface area contributed by atoms with E-state index in [1.54, 1.807) is 0 Å². The zero-order valence-corrected chi connectivity index (χ0v) is 13.7. The molecule has 3 rings (SSSR count). The van der Waals surface area contributed by atoms with E-state index in [4.69, 9.17) is 4.84 Å². The SMILES string of the molecule is CC1CCN(C(=O)C2CC(c3cccc(Br)c3)=NO2)CC1. The van der Waals surface area contributed by atoms with Crippen molar-refractivity contribution < 1.29 is 9.63 Å². The summed E-state index contributed by atoms with van der Waals surface area (Å²) in [7, 11) is 0. The van der Waals surface area contributed by atoms with Gasteiger partial charge in [-0.1, -0.05) is 40.1 Å². The lowest BCUT2D eigenvalue weighted by atomic mass is 9.98. The van der Waals surface area contributed by atoms with Gasteiger partial charge < -0.3 is 9.74 Å². The molecule has 1 aromatic carbocycles. The van der Waals surface area contributed by atoms with Crippen LogP contribution in [0.2, 0.25) is 0 Å². The molecule has 2 aliphatic heterocycles. The highest BCUT2D eigenvalue weighted by molar-refractivity contribution is 9.10. The average molecular weight is 351 g/mol. The lowest BCUT2D eigenvalue weighted by Crippen LogP contribution is -2.43. The van der Waals surface area contributed by atoms with Crippen molar-refractivity contribution in [3.05, 3.63) is 34.3 Å². The number of piperidine rings is 1. The van der Waals surface area contributed by atoms with Crippen LogP contribution in [0.3, 0.4) is 0 Å². The first-order valence-corrected chi connectivity index (χ1v) is 8.20. The minimum absolute atomic E-state index is 0.0793. The van der Waals surface area contributed by atoms with E-state index in [9.17, 15) is 4.79 Å². The molecule has 1 amide bonds. The number of amides is 1. The first-order chi connectivity index (χ1) is 10.1. The summed E-state index contributed by atoms with van der Waals surface area (Å²) in [6, 6.07) is 7.92. The molecule has 1 fully saturated rings. The number of benzene rings is 1. The number of carbonyl (C=O) groups is 1. The topological polar surface area (TPSA) is 41.9 Å². The van der Waals surface area contributed by atoms with Gasteiger partial charge in [-0.3, -0.25) is 4.79 Å². The van der Waals surface area contributed by atoms with Crippen molar-refractivity contribution in [1.29, 1.82) is 0 Å². The molecule has 5 heteroatoms. The van der Waals surface area contributed by atoms with E-state index in [2.05, 4.69) is 28.0 Å². The van der Waals surface area contributed by atoms with Crippen LogP contribution in [0.15, 0.2) is 33.9 Å². The number of halogens is 1. The summed E-state index contributed by atoms with van der Waals surface area (Å²) in [5.41, 5.74) is 1.85. The smallest absolute Gasteiger partial charge is 0.266 e. The third-order valence-corrected chi connectivity index (χ3v) is 4.69. The fraction of sp³-hybridized carbons (Fsp3) is 0.500. The first kappa shape index (κ1) is 14.6. The van der Waals surface area contributed by atoms with Gasteiger partial charge >= 0.3 is 0 Å². The second kappa shape index (κ2) is 6.18. The van der Waals surface area contributed by atoms with Gasteiger partial charge in [0.15, 0.2) is 0 Å². The van der Waals surface area contributed by atoms with E-state index < -0.39 is 6.10 Å². The van der Waals surface area contributed by atoms with Crippen LogP contribution in [0.4, 0.5) is 0 Å². The highest BCUT2D eigenvalue weighted by Crippen LogP contribution is 2.23. The molecule has 1 unspecified atom stereocenters. The number of rotatable bonds is 2. The molecule has 112 valence electrons. The number of nitrogens with zero attached hydrogens (tertiary/aromatic N) is 2. The Kier molecular flexibility index (Phi) is 4.29. The number of hydrogen-bond acceptors (Lipinski definition) is 3. The van der Waals surface area contributed by atoms with E-state index in [1.165, 1.54) is 0 Å². The molecule has 21 heavy (non-hydrogen) atoms. The standard InChI is InChI=1S/C16H19BrN2O2/c1-11-5-7-19(8-6-11)16(20)15-10-14(18-21-15)12-3-2-4-13(17)9-12/h2-4,9,11,15H,5-8,10H2,1H3. The number of oxime groups is 1. The van der Waals surface area contributed by atoms with Crippen LogP contribution in [0.5, 0.6) is 0 Å². The number of carbonyl (C=O) groups excluding carboxylic acids is 1. The second-order valence-electron chi connectivity index (χ2n) is 5.85. The summed E-state index contributed by atoms with van der Waals surface area (Å²) < 4.78 is 1.00. The molecule has 1 saturated heterocycles. The van der Waals surface area contributed by atoms with E-state index >= 15 is 0 Å². The Hall–Kier alpha value is -1.36. The maximum atomic E-state index is 12.5. The molecule has 0 N–H and O–H groups in total. The lowest BCUT2D eigenvalue weighted by Gasteiger charge is -2.31. The van der Waals surface area contributed by atoms with Gasteiger partial charge in [-0.05, 0) is 30.9 Å². The largest absolute Gasteiger partial charge is 0.382 e. The molecule has 0 saturated carbocycles. The highest BCUT2D eigenvalue weighted by atomic mass is 79.9. The minimum Gasteiger partial charge on any atom is -0.382 e. The summed E-state index contributed by atoms with van der Waals surface area (Å²) in [5, 5.41) is 4.11. The lowest BCUT2D eigenvalue weighted by molar-refractivity contribution is -0.143. The third-order valence-electron chi connectivity index (χ3n) is 4.20. The molecule has 0 bridgehead atoms. The van der Waals surface area contributed by atoms with Gasteiger partial charge in [-0.15, -0.1) is 0 Å². The normalized spacial score (nSPS) is 22.9. The Bertz CT molecular complexity index is 565. The molecule has 0 aliphatic carbocycles. The molecule has 0 radical (unpaired) electrons. The van der Waals surface area contributed by atoms with Crippen LogP contribution in [0, 0.1) is 5.92 Å². The van der Waals surface area contributed by atoms with Gasteiger partial charge in [-0.25, -0.2) is 0 Å². The van der Waals surface area contributed by atoms with Gasteiger partial charge in [0.2, 0.25) is 6.10 Å². The van der Waals surface area contributed by atoms with Crippen LogP contribution in [0.25, 0.3) is 0 Å². The van der Waals surface area contributed by atoms with Crippen molar-refractivity contribution in [2.75, 3.05) is 13.1 Å². The molecular weight excluding hydrogens is 332 g/mol. The van der Waals surface area contributed by atoms with E-state index in [1.807, 2.05) is 29.2 Å². The molecule has 2 aliphatic rings. The summed E-state index contributed by atoms with van der Waals surface area (Å²) in [4.78, 5) is 19.8. The van der Waals surface area contributed by atoms with Crippen LogP contribution in [-0.4, -0.2) is 35.7 Å². The molecule has 2 heterocycles. The van der Waals surface area contributed by atoms with E-state index in [0.29, 0.717) is 12.3 Å². The molecule has 4 nitrogen and oxygen atoms in total. The van der Waals surface area contributed by atoms with Crippen LogP contribution < -0.4 is 0 Å². The molecule has 0 aromatic heterocycles. The van der Waals surface area contributed by atoms with Gasteiger partial charge in [0.1, 0.15) is 0 Å². The number of hydrogen-bond donors (Lipinski definition) is 0. The second-order valence-corrected chi connectivity index (χ2v) is 6.77. The van der Waals surface area contributed by atoms with Crippen LogP contribution in [-0.2, 0) is 9.63 Å². The first-order valence-electron chi connectivity index (χ1n) is 7.41. The maximum Gasteiger partial charge on any atom is 0.266 e. The predicted octanol–water partition coefficient (Wildman–Crippen LogP) is 3.20. The molecular formula is C16H19BrN2O2. The monoisotopic (exact) mass is 350 g/mol. The zero-order valence-electron chi connectivity index (χ0n) is 12.1. The molecule has 1 aromatic rings. The van der Waals surface area contributed by atoms with Gasteiger partial charge in [-0.2, -0.15) is 0 Å². The maximum absolute atomic E-state index is 12.5. The van der Waals surface area contributed by atoms with Crippen molar-refractivity contribution in [1.82, 2.24) is 4.90 Å². The van der Waals surface area contributed by atoms with Gasteiger partial charge in [0.25, 0.3) is 5.91 Å². The van der Waals surface area contributed by atoms with Crippen molar-refractivity contribution in [2.24, 2.45) is 11.1 Å². The summed E-state index contributed by atoms with van der Waals surface area (Å²) >= 11 is 3.45. The fourth-order valence-corrected chi connectivity index (χ4v) is 3.18. The van der Waals surface area contributed by atoms with Crippen molar-refractivity contribution in [3.63, 3.8) is 0 Å². The Balaban J connectivity index is 1.62. The molecule has 0 spiro atoms. The van der Waals surface area contributed by atoms with Crippen molar-refractivity contribution in [3.8, 4) is 0 Å². The predicted molar refractivity (Wildman–Crippen MR) is 85.1 cm³/mol. The third kappa shape index (κ3) is 3.28. The summed E-state index contributed by atoms with van der Waals surface area (Å²) in [5.74, 6) is 0.794. The Morgan fingerprint density at radius 3 is 2.86 bits per heavy atom.